The first kappa shape index (κ1) is 17.4. The van der Waals surface area contributed by atoms with E-state index in [1.54, 1.807) is 0 Å². The van der Waals surface area contributed by atoms with Gasteiger partial charge < -0.3 is 10.1 Å². The molecule has 1 aromatic rings. The molecule has 0 heterocycles. The fourth-order valence-corrected chi connectivity index (χ4v) is 3.39. The minimum absolute atomic E-state index is 0.0409. The minimum atomic E-state index is -1.27. The molecule has 1 rings (SSSR count). The number of hydrogen-bond donors (Lipinski definition) is 1. The second-order valence-electron chi connectivity index (χ2n) is 5.02. The second-order valence-corrected chi connectivity index (χ2v) is 6.52. The van der Waals surface area contributed by atoms with Gasteiger partial charge in [-0.15, -0.1) is 0 Å². The van der Waals surface area contributed by atoms with Crippen LogP contribution < -0.4 is 5.32 Å². The highest BCUT2D eigenvalue weighted by Gasteiger charge is 2.22. The molecule has 0 saturated carbocycles. The normalized spacial score (nSPS) is 13.3. The summed E-state index contributed by atoms with van der Waals surface area (Å²) in [7, 11) is -0.0317. The molecule has 0 saturated heterocycles. The molecule has 0 radical (unpaired) electrons. The Morgan fingerprint density at radius 3 is 2.29 bits per heavy atom. The molecular weight excluding hydrogens is 290 g/mol. The van der Waals surface area contributed by atoms with Gasteiger partial charge in [0.1, 0.15) is 6.04 Å². The van der Waals surface area contributed by atoms with Crippen molar-refractivity contribution in [2.24, 2.45) is 0 Å². The SMILES string of the molecule is COC(=O)C(CS(=O)Cc1cc(C)cc(C)c1)NC(C)=O. The quantitative estimate of drug-likeness (QED) is 0.802. The number of esters is 1. The van der Waals surface area contributed by atoms with E-state index in [9.17, 15) is 13.8 Å². The molecule has 1 N–H and O–H groups in total. The van der Waals surface area contributed by atoms with Crippen molar-refractivity contribution < 1.29 is 18.5 Å². The Morgan fingerprint density at radius 2 is 1.81 bits per heavy atom. The molecule has 0 aromatic heterocycles. The van der Waals surface area contributed by atoms with Crippen LogP contribution in [0.15, 0.2) is 18.2 Å². The van der Waals surface area contributed by atoms with E-state index in [0.29, 0.717) is 5.75 Å². The van der Waals surface area contributed by atoms with Gasteiger partial charge >= 0.3 is 5.97 Å². The Hall–Kier alpha value is -1.69. The van der Waals surface area contributed by atoms with Crippen molar-refractivity contribution in [3.05, 3.63) is 34.9 Å². The topological polar surface area (TPSA) is 72.5 Å². The number of ether oxygens (including phenoxy) is 1. The zero-order valence-corrected chi connectivity index (χ0v) is 13.6. The first-order chi connectivity index (χ1) is 9.81. The molecule has 0 spiro atoms. The van der Waals surface area contributed by atoms with Gasteiger partial charge in [-0.3, -0.25) is 9.00 Å². The summed E-state index contributed by atoms with van der Waals surface area (Å²) in [5.41, 5.74) is 3.17. The van der Waals surface area contributed by atoms with E-state index >= 15 is 0 Å². The fraction of sp³-hybridized carbons (Fsp3) is 0.467. The smallest absolute Gasteiger partial charge is 0.329 e. The van der Waals surface area contributed by atoms with Crippen LogP contribution in [0.25, 0.3) is 0 Å². The van der Waals surface area contributed by atoms with Crippen molar-refractivity contribution in [2.75, 3.05) is 12.9 Å². The maximum Gasteiger partial charge on any atom is 0.329 e. The van der Waals surface area contributed by atoms with Gasteiger partial charge in [-0.1, -0.05) is 29.3 Å². The van der Waals surface area contributed by atoms with Crippen molar-refractivity contribution in [3.63, 3.8) is 0 Å². The third-order valence-corrected chi connectivity index (χ3v) is 4.19. The van der Waals surface area contributed by atoms with Crippen LogP contribution in [0.4, 0.5) is 0 Å². The number of nitrogens with one attached hydrogen (secondary N) is 1. The van der Waals surface area contributed by atoms with Crippen LogP contribution in [0, 0.1) is 13.8 Å². The van der Waals surface area contributed by atoms with Crippen molar-refractivity contribution in [2.45, 2.75) is 32.6 Å². The molecule has 1 aromatic carbocycles. The van der Waals surface area contributed by atoms with Crippen molar-refractivity contribution in [1.82, 2.24) is 5.32 Å². The zero-order chi connectivity index (χ0) is 16.0. The van der Waals surface area contributed by atoms with Crippen molar-refractivity contribution >= 4 is 22.7 Å². The molecule has 0 aliphatic heterocycles. The highest BCUT2D eigenvalue weighted by molar-refractivity contribution is 7.84. The maximum absolute atomic E-state index is 12.2. The van der Waals surface area contributed by atoms with E-state index in [0.717, 1.165) is 16.7 Å². The van der Waals surface area contributed by atoms with Crippen LogP contribution in [0.2, 0.25) is 0 Å². The number of hydrogen-bond acceptors (Lipinski definition) is 4. The number of rotatable bonds is 6. The maximum atomic E-state index is 12.2. The van der Waals surface area contributed by atoms with Gasteiger partial charge in [0.15, 0.2) is 0 Å². The third kappa shape index (κ3) is 6.08. The molecule has 0 aliphatic carbocycles. The number of amides is 1. The second kappa shape index (κ2) is 7.93. The van der Waals surface area contributed by atoms with Crippen LogP contribution >= 0.6 is 0 Å². The summed E-state index contributed by atoms with van der Waals surface area (Å²) in [6.07, 6.45) is 0. The minimum Gasteiger partial charge on any atom is -0.467 e. The summed E-state index contributed by atoms with van der Waals surface area (Å²) in [4.78, 5) is 22.7. The average molecular weight is 311 g/mol. The Morgan fingerprint density at radius 1 is 1.24 bits per heavy atom. The highest BCUT2D eigenvalue weighted by atomic mass is 32.2. The first-order valence-electron chi connectivity index (χ1n) is 6.59. The lowest BCUT2D eigenvalue weighted by atomic mass is 10.1. The molecule has 5 nitrogen and oxygen atoms in total. The van der Waals surface area contributed by atoms with Crippen LogP contribution in [0.5, 0.6) is 0 Å². The molecule has 0 fully saturated rings. The largest absolute Gasteiger partial charge is 0.467 e. The van der Waals surface area contributed by atoms with Gasteiger partial charge in [0, 0.05) is 23.5 Å². The number of carbonyl (C=O) groups excluding carboxylic acids is 2. The number of methoxy groups -OCH3 is 1. The fourth-order valence-electron chi connectivity index (χ4n) is 2.14. The summed E-state index contributed by atoms with van der Waals surface area (Å²) in [5, 5.41) is 2.46. The standard InChI is InChI=1S/C15H21NO4S/c1-10-5-11(2)7-13(6-10)8-21(19)9-14(15(18)20-4)16-12(3)17/h5-7,14H,8-9H2,1-4H3,(H,16,17). The molecule has 116 valence electrons. The van der Waals surface area contributed by atoms with Gasteiger partial charge in [0.25, 0.3) is 0 Å². The molecule has 2 atom stereocenters. The lowest BCUT2D eigenvalue weighted by Crippen LogP contribution is -2.44. The molecule has 1 amide bonds. The molecule has 0 bridgehead atoms. The number of benzene rings is 1. The Bertz CT molecular complexity index is 536. The number of aryl methyl sites for hydroxylation is 2. The molecule has 21 heavy (non-hydrogen) atoms. The summed E-state index contributed by atoms with van der Waals surface area (Å²) in [6.45, 7) is 5.27. The summed E-state index contributed by atoms with van der Waals surface area (Å²) in [6, 6.07) is 5.10. The number of carbonyl (C=O) groups is 2. The van der Waals surface area contributed by atoms with Crippen molar-refractivity contribution in [3.8, 4) is 0 Å². The average Bonchev–Trinajstić information content (AvgIpc) is 2.34. The van der Waals surface area contributed by atoms with Crippen LogP contribution in [-0.2, 0) is 30.9 Å². The van der Waals surface area contributed by atoms with Gasteiger partial charge in [-0.2, -0.15) is 0 Å². The van der Waals surface area contributed by atoms with Gasteiger partial charge in [-0.05, 0) is 19.4 Å². The van der Waals surface area contributed by atoms with Crippen LogP contribution in [0.1, 0.15) is 23.6 Å². The summed E-state index contributed by atoms with van der Waals surface area (Å²) >= 11 is 0. The predicted molar refractivity (Wildman–Crippen MR) is 82.3 cm³/mol. The molecule has 6 heteroatoms. The monoisotopic (exact) mass is 311 g/mol. The highest BCUT2D eigenvalue weighted by Crippen LogP contribution is 2.11. The van der Waals surface area contributed by atoms with E-state index < -0.39 is 22.8 Å². The third-order valence-electron chi connectivity index (χ3n) is 2.82. The van der Waals surface area contributed by atoms with Crippen molar-refractivity contribution in [1.29, 1.82) is 0 Å². The van der Waals surface area contributed by atoms with E-state index in [2.05, 4.69) is 10.1 Å². The lowest BCUT2D eigenvalue weighted by Gasteiger charge is -2.15. The first-order valence-corrected chi connectivity index (χ1v) is 8.07. The summed E-state index contributed by atoms with van der Waals surface area (Å²) in [5.74, 6) is -0.553. The van der Waals surface area contributed by atoms with E-state index in [1.165, 1.54) is 14.0 Å². The zero-order valence-electron chi connectivity index (χ0n) is 12.8. The van der Waals surface area contributed by atoms with E-state index in [4.69, 9.17) is 0 Å². The Labute approximate surface area is 127 Å². The Kier molecular flexibility index (Phi) is 6.55. The van der Waals surface area contributed by atoms with Crippen LogP contribution in [0.3, 0.4) is 0 Å². The van der Waals surface area contributed by atoms with Gasteiger partial charge in [0.05, 0.1) is 12.9 Å². The summed E-state index contributed by atoms with van der Waals surface area (Å²) < 4.78 is 16.8. The van der Waals surface area contributed by atoms with E-state index in [1.807, 2.05) is 32.0 Å². The predicted octanol–water partition coefficient (Wildman–Crippen LogP) is 1.23. The van der Waals surface area contributed by atoms with Gasteiger partial charge in [-0.25, -0.2) is 4.79 Å². The molecule has 0 aliphatic rings. The lowest BCUT2D eigenvalue weighted by molar-refractivity contribution is -0.144. The molecule has 2 unspecified atom stereocenters. The Balaban J connectivity index is 2.73. The molecular formula is C15H21NO4S. The van der Waals surface area contributed by atoms with Crippen LogP contribution in [-0.4, -0.2) is 35.0 Å². The van der Waals surface area contributed by atoms with Gasteiger partial charge in [0.2, 0.25) is 5.91 Å². The van der Waals surface area contributed by atoms with E-state index in [-0.39, 0.29) is 11.7 Å².